The molecule has 2 heterocycles. The Kier molecular flexibility index (Phi) is 2.66. The monoisotopic (exact) mass is 244 g/mol. The number of aromatic nitrogens is 2. The van der Waals surface area contributed by atoms with E-state index in [1.807, 2.05) is 25.1 Å². The van der Waals surface area contributed by atoms with Gasteiger partial charge in [0.05, 0.1) is 5.92 Å². The summed E-state index contributed by atoms with van der Waals surface area (Å²) in [6.45, 7) is 0.839. The van der Waals surface area contributed by atoms with E-state index in [0.29, 0.717) is 11.8 Å². The van der Waals surface area contributed by atoms with Crippen molar-refractivity contribution in [3.05, 3.63) is 35.7 Å². The molecule has 1 aliphatic rings. The maximum atomic E-state index is 5.34. The number of benzene rings is 1. The van der Waals surface area contributed by atoms with Gasteiger partial charge in [-0.25, -0.2) is 0 Å². The van der Waals surface area contributed by atoms with Gasteiger partial charge in [0.2, 0.25) is 5.89 Å². The lowest BCUT2D eigenvalue weighted by Gasteiger charge is -2.23. The van der Waals surface area contributed by atoms with Crippen LogP contribution in [0.5, 0.6) is 0 Å². The van der Waals surface area contributed by atoms with Gasteiger partial charge in [-0.1, -0.05) is 18.2 Å². The second-order valence-electron chi connectivity index (χ2n) is 4.77. The zero-order valence-corrected chi connectivity index (χ0v) is 10.6. The Morgan fingerprint density at radius 3 is 2.94 bits per heavy atom. The average molecular weight is 244 g/mol. The first kappa shape index (κ1) is 11.1. The number of anilines is 2. The van der Waals surface area contributed by atoms with E-state index in [-0.39, 0.29) is 5.92 Å². The molecule has 0 bridgehead atoms. The van der Waals surface area contributed by atoms with Crippen LogP contribution in [0.3, 0.4) is 0 Å². The van der Waals surface area contributed by atoms with Crippen LogP contribution in [0.15, 0.2) is 28.8 Å². The summed E-state index contributed by atoms with van der Waals surface area (Å²) in [6.07, 6.45) is 0.943. The Morgan fingerprint density at radius 1 is 1.33 bits per heavy atom. The third kappa shape index (κ3) is 1.92. The van der Waals surface area contributed by atoms with Crippen LogP contribution in [0.1, 0.15) is 17.4 Å². The summed E-state index contributed by atoms with van der Waals surface area (Å²) in [7, 11) is 3.81. The zero-order chi connectivity index (χ0) is 12.5. The number of fused-ring (bicyclic) bond motifs is 1. The van der Waals surface area contributed by atoms with E-state index in [1.54, 1.807) is 0 Å². The second kappa shape index (κ2) is 4.33. The van der Waals surface area contributed by atoms with Gasteiger partial charge in [-0.2, -0.15) is 4.98 Å². The van der Waals surface area contributed by atoms with Crippen molar-refractivity contribution in [2.24, 2.45) is 0 Å². The maximum Gasteiger partial charge on any atom is 0.265 e. The molecule has 0 saturated heterocycles. The highest BCUT2D eigenvalue weighted by molar-refractivity contribution is 5.54. The minimum atomic E-state index is 0.251. The van der Waals surface area contributed by atoms with Gasteiger partial charge in [0, 0.05) is 26.3 Å². The smallest absolute Gasteiger partial charge is 0.265 e. The molecule has 1 atom stereocenters. The molecule has 0 radical (unpaired) electrons. The first-order valence-electron chi connectivity index (χ1n) is 6.07. The summed E-state index contributed by atoms with van der Waals surface area (Å²) in [6, 6.07) is 8.34. The summed E-state index contributed by atoms with van der Waals surface area (Å²) >= 11 is 0. The molecule has 2 aromatic rings. The predicted octanol–water partition coefficient (Wildman–Crippen LogP) is 1.89. The lowest BCUT2D eigenvalue weighted by Crippen LogP contribution is -2.21. The van der Waals surface area contributed by atoms with Crippen molar-refractivity contribution in [3.8, 4) is 0 Å². The second-order valence-corrected chi connectivity index (χ2v) is 4.77. The Hall–Kier alpha value is -2.04. The van der Waals surface area contributed by atoms with Crippen molar-refractivity contribution in [2.75, 3.05) is 30.9 Å². The van der Waals surface area contributed by atoms with Crippen molar-refractivity contribution in [1.29, 1.82) is 0 Å². The molecule has 0 amide bonds. The molecule has 0 fully saturated rings. The molecule has 1 unspecified atom stereocenters. The minimum Gasteiger partial charge on any atom is -0.384 e. The fraction of sp³-hybridized carbons (Fsp3) is 0.385. The highest BCUT2D eigenvalue weighted by Crippen LogP contribution is 2.29. The van der Waals surface area contributed by atoms with E-state index >= 15 is 0 Å². The Morgan fingerprint density at radius 2 is 2.17 bits per heavy atom. The van der Waals surface area contributed by atoms with Gasteiger partial charge < -0.3 is 14.7 Å². The zero-order valence-electron chi connectivity index (χ0n) is 10.6. The van der Waals surface area contributed by atoms with Gasteiger partial charge >= 0.3 is 0 Å². The fourth-order valence-corrected chi connectivity index (χ4v) is 2.19. The van der Waals surface area contributed by atoms with Crippen LogP contribution in [-0.2, 0) is 6.42 Å². The SMILES string of the molecule is CN(C)c1noc(C2CNc3ccccc3C2)n1. The summed E-state index contributed by atoms with van der Waals surface area (Å²) in [4.78, 5) is 6.26. The molecule has 1 N–H and O–H groups in total. The third-order valence-corrected chi connectivity index (χ3v) is 3.20. The van der Waals surface area contributed by atoms with Gasteiger partial charge in [0.15, 0.2) is 0 Å². The summed E-state index contributed by atoms with van der Waals surface area (Å²) < 4.78 is 5.34. The van der Waals surface area contributed by atoms with Gasteiger partial charge in [-0.15, -0.1) is 0 Å². The van der Waals surface area contributed by atoms with E-state index in [1.165, 1.54) is 11.3 Å². The van der Waals surface area contributed by atoms with Crippen molar-refractivity contribution in [1.82, 2.24) is 10.1 Å². The third-order valence-electron chi connectivity index (χ3n) is 3.20. The lowest BCUT2D eigenvalue weighted by atomic mass is 9.94. The first-order valence-corrected chi connectivity index (χ1v) is 6.07. The van der Waals surface area contributed by atoms with E-state index in [2.05, 4.69) is 33.7 Å². The van der Waals surface area contributed by atoms with Crippen molar-refractivity contribution in [3.63, 3.8) is 0 Å². The molecular formula is C13H16N4O. The van der Waals surface area contributed by atoms with Crippen molar-refractivity contribution >= 4 is 11.6 Å². The average Bonchev–Trinajstić information content (AvgIpc) is 2.88. The number of rotatable bonds is 2. The van der Waals surface area contributed by atoms with Crippen LogP contribution in [0.25, 0.3) is 0 Å². The van der Waals surface area contributed by atoms with Gasteiger partial charge in [-0.3, -0.25) is 0 Å². The number of nitrogens with one attached hydrogen (secondary N) is 1. The molecule has 5 heteroatoms. The standard InChI is InChI=1S/C13H16N4O/c1-17(2)13-15-12(18-16-13)10-7-9-5-3-4-6-11(9)14-8-10/h3-6,10,14H,7-8H2,1-2H3. The summed E-state index contributed by atoms with van der Waals surface area (Å²) in [5.74, 6) is 1.59. The molecule has 1 aromatic carbocycles. The van der Waals surface area contributed by atoms with Crippen molar-refractivity contribution in [2.45, 2.75) is 12.3 Å². The Balaban J connectivity index is 1.83. The molecule has 0 aliphatic carbocycles. The number of para-hydroxylation sites is 1. The topological polar surface area (TPSA) is 54.2 Å². The molecular weight excluding hydrogens is 228 g/mol. The molecule has 0 saturated carbocycles. The highest BCUT2D eigenvalue weighted by Gasteiger charge is 2.24. The quantitative estimate of drug-likeness (QED) is 0.874. The largest absolute Gasteiger partial charge is 0.384 e. The van der Waals surface area contributed by atoms with Crippen LogP contribution in [0.2, 0.25) is 0 Å². The number of hydrogen-bond donors (Lipinski definition) is 1. The predicted molar refractivity (Wildman–Crippen MR) is 70.0 cm³/mol. The van der Waals surface area contributed by atoms with E-state index in [9.17, 15) is 0 Å². The van der Waals surface area contributed by atoms with Crippen LogP contribution < -0.4 is 10.2 Å². The van der Waals surface area contributed by atoms with Gasteiger partial charge in [0.25, 0.3) is 5.95 Å². The first-order chi connectivity index (χ1) is 8.74. The Labute approximate surface area is 106 Å². The van der Waals surface area contributed by atoms with Crippen LogP contribution in [-0.4, -0.2) is 30.8 Å². The normalized spacial score (nSPS) is 18.0. The minimum absolute atomic E-state index is 0.251. The Bertz CT molecular complexity index is 549. The van der Waals surface area contributed by atoms with Crippen LogP contribution >= 0.6 is 0 Å². The van der Waals surface area contributed by atoms with E-state index in [4.69, 9.17) is 4.52 Å². The van der Waals surface area contributed by atoms with Crippen LogP contribution in [0.4, 0.5) is 11.6 Å². The molecule has 5 nitrogen and oxygen atoms in total. The molecule has 94 valence electrons. The summed E-state index contributed by atoms with van der Waals surface area (Å²) in [5.41, 5.74) is 2.51. The fourth-order valence-electron chi connectivity index (χ4n) is 2.19. The molecule has 0 spiro atoms. The molecule has 3 rings (SSSR count). The van der Waals surface area contributed by atoms with Crippen LogP contribution in [0, 0.1) is 0 Å². The number of hydrogen-bond acceptors (Lipinski definition) is 5. The molecule has 18 heavy (non-hydrogen) atoms. The molecule has 1 aromatic heterocycles. The van der Waals surface area contributed by atoms with E-state index in [0.717, 1.165) is 13.0 Å². The van der Waals surface area contributed by atoms with Gasteiger partial charge in [0.1, 0.15) is 0 Å². The van der Waals surface area contributed by atoms with Gasteiger partial charge in [-0.05, 0) is 23.2 Å². The highest BCUT2D eigenvalue weighted by atomic mass is 16.5. The number of nitrogens with zero attached hydrogens (tertiary/aromatic N) is 3. The maximum absolute atomic E-state index is 5.34. The van der Waals surface area contributed by atoms with E-state index < -0.39 is 0 Å². The summed E-state index contributed by atoms with van der Waals surface area (Å²) in [5, 5.41) is 7.37. The van der Waals surface area contributed by atoms with Crippen molar-refractivity contribution < 1.29 is 4.52 Å². The molecule has 1 aliphatic heterocycles. The lowest BCUT2D eigenvalue weighted by molar-refractivity contribution is 0.353.